The summed E-state index contributed by atoms with van der Waals surface area (Å²) in [6, 6.07) is 11.1. The van der Waals surface area contributed by atoms with Crippen LogP contribution in [-0.4, -0.2) is 11.7 Å². The molecule has 0 aliphatic rings. The van der Waals surface area contributed by atoms with Gasteiger partial charge in [0, 0.05) is 5.69 Å². The highest BCUT2D eigenvalue weighted by molar-refractivity contribution is 7.16. The van der Waals surface area contributed by atoms with Crippen molar-refractivity contribution in [3.8, 4) is 0 Å². The molecule has 1 aromatic heterocycles. The van der Waals surface area contributed by atoms with Gasteiger partial charge in [-0.05, 0) is 43.2 Å². The summed E-state index contributed by atoms with van der Waals surface area (Å²) in [7, 11) is 0. The molecule has 0 saturated heterocycles. The van der Waals surface area contributed by atoms with E-state index in [1.54, 1.807) is 12.1 Å². The van der Waals surface area contributed by atoms with Crippen molar-refractivity contribution in [3.05, 3.63) is 51.7 Å². The second kappa shape index (κ2) is 5.80. The molecule has 2 rings (SSSR count). The number of Topliss-reactive ketones (excluding diaryl/α,β-unsaturated/α-hetero) is 1. The number of nitrogens with one attached hydrogen (secondary N) is 1. The van der Waals surface area contributed by atoms with Crippen LogP contribution in [0.5, 0.6) is 0 Å². The van der Waals surface area contributed by atoms with Gasteiger partial charge < -0.3 is 5.32 Å². The Kier molecular flexibility index (Phi) is 4.12. The summed E-state index contributed by atoms with van der Waals surface area (Å²) < 4.78 is 0. The van der Waals surface area contributed by atoms with E-state index in [4.69, 9.17) is 0 Å². The number of thiophene rings is 1. The molecule has 0 atom stereocenters. The third-order valence-corrected chi connectivity index (χ3v) is 3.95. The molecular weight excluding hydrogens is 258 g/mol. The van der Waals surface area contributed by atoms with E-state index >= 15 is 0 Å². The zero-order valence-corrected chi connectivity index (χ0v) is 11.7. The first-order chi connectivity index (χ1) is 9.10. The largest absolute Gasteiger partial charge is 0.321 e. The zero-order chi connectivity index (χ0) is 13.8. The molecule has 0 saturated carbocycles. The lowest BCUT2D eigenvalue weighted by Gasteiger charge is -2.05. The van der Waals surface area contributed by atoms with Crippen LogP contribution >= 0.6 is 11.3 Å². The van der Waals surface area contributed by atoms with Gasteiger partial charge >= 0.3 is 0 Å². The summed E-state index contributed by atoms with van der Waals surface area (Å²) in [6.07, 6.45) is 0.928. The minimum atomic E-state index is -0.175. The molecule has 1 amide bonds. The maximum Gasteiger partial charge on any atom is 0.265 e. The Morgan fingerprint density at radius 2 is 1.89 bits per heavy atom. The first-order valence-corrected chi connectivity index (χ1v) is 6.93. The smallest absolute Gasteiger partial charge is 0.265 e. The summed E-state index contributed by atoms with van der Waals surface area (Å²) in [6.45, 7) is 3.57. The van der Waals surface area contributed by atoms with Crippen LogP contribution in [-0.2, 0) is 6.42 Å². The molecule has 0 bridgehead atoms. The Labute approximate surface area is 116 Å². The second-order valence-corrected chi connectivity index (χ2v) is 5.31. The van der Waals surface area contributed by atoms with Crippen molar-refractivity contribution in [2.24, 2.45) is 0 Å². The van der Waals surface area contributed by atoms with Gasteiger partial charge in [-0.2, -0.15) is 0 Å². The van der Waals surface area contributed by atoms with Gasteiger partial charge in [-0.15, -0.1) is 11.3 Å². The van der Waals surface area contributed by atoms with Crippen molar-refractivity contribution in [1.82, 2.24) is 0 Å². The molecule has 1 aromatic carbocycles. The van der Waals surface area contributed by atoms with Crippen molar-refractivity contribution in [3.63, 3.8) is 0 Å². The van der Waals surface area contributed by atoms with Gasteiger partial charge in [-0.3, -0.25) is 9.59 Å². The lowest BCUT2D eigenvalue weighted by atomic mass is 10.1. The second-order valence-electron chi connectivity index (χ2n) is 4.23. The van der Waals surface area contributed by atoms with Crippen LogP contribution in [0, 0.1) is 0 Å². The van der Waals surface area contributed by atoms with Gasteiger partial charge in [0.15, 0.2) is 5.78 Å². The average Bonchev–Trinajstić information content (AvgIpc) is 2.89. The Morgan fingerprint density at radius 1 is 1.16 bits per heavy atom. The predicted molar refractivity (Wildman–Crippen MR) is 78.1 cm³/mol. The topological polar surface area (TPSA) is 46.2 Å². The lowest BCUT2D eigenvalue weighted by Crippen LogP contribution is -2.10. The minimum Gasteiger partial charge on any atom is -0.321 e. The number of rotatable bonds is 4. The van der Waals surface area contributed by atoms with Gasteiger partial charge in [-0.1, -0.05) is 19.1 Å². The highest BCUT2D eigenvalue weighted by Crippen LogP contribution is 2.19. The summed E-state index contributed by atoms with van der Waals surface area (Å²) in [4.78, 5) is 24.4. The number of hydrogen-bond donors (Lipinski definition) is 1. The maximum absolute atomic E-state index is 12.0. The molecule has 19 heavy (non-hydrogen) atoms. The van der Waals surface area contributed by atoms with Crippen LogP contribution in [0.15, 0.2) is 36.4 Å². The van der Waals surface area contributed by atoms with Gasteiger partial charge in [0.05, 0.1) is 9.75 Å². The maximum atomic E-state index is 12.0. The first-order valence-electron chi connectivity index (χ1n) is 6.11. The highest BCUT2D eigenvalue weighted by Gasteiger charge is 2.11. The summed E-state index contributed by atoms with van der Waals surface area (Å²) >= 11 is 1.22. The number of amides is 1. The van der Waals surface area contributed by atoms with E-state index < -0.39 is 0 Å². The fourth-order valence-corrected chi connectivity index (χ4v) is 2.51. The van der Waals surface area contributed by atoms with Crippen molar-refractivity contribution < 1.29 is 9.59 Å². The molecule has 0 unspecified atom stereocenters. The van der Waals surface area contributed by atoms with Gasteiger partial charge in [0.2, 0.25) is 0 Å². The molecule has 0 aliphatic carbocycles. The van der Waals surface area contributed by atoms with E-state index in [9.17, 15) is 9.59 Å². The van der Waals surface area contributed by atoms with Crippen molar-refractivity contribution in [1.29, 1.82) is 0 Å². The quantitative estimate of drug-likeness (QED) is 0.862. The highest BCUT2D eigenvalue weighted by atomic mass is 32.1. The third-order valence-electron chi connectivity index (χ3n) is 2.77. The number of benzene rings is 1. The van der Waals surface area contributed by atoms with E-state index in [-0.39, 0.29) is 11.7 Å². The molecule has 0 radical (unpaired) electrons. The normalized spacial score (nSPS) is 10.2. The van der Waals surface area contributed by atoms with E-state index in [0.29, 0.717) is 9.75 Å². The monoisotopic (exact) mass is 273 g/mol. The molecule has 0 fully saturated rings. The fraction of sp³-hybridized carbons (Fsp3) is 0.200. The van der Waals surface area contributed by atoms with Crippen molar-refractivity contribution in [2.45, 2.75) is 20.3 Å². The Hall–Kier alpha value is -1.94. The van der Waals surface area contributed by atoms with E-state index in [2.05, 4.69) is 12.2 Å². The third kappa shape index (κ3) is 3.29. The standard InChI is InChI=1S/C15H15NO2S/c1-3-11-5-4-6-12(9-11)16-15(18)14-8-7-13(19-14)10(2)17/h4-9H,3H2,1-2H3,(H,16,18). The molecule has 0 spiro atoms. The van der Waals surface area contributed by atoms with Crippen LogP contribution in [0.4, 0.5) is 5.69 Å². The van der Waals surface area contributed by atoms with Crippen molar-refractivity contribution >= 4 is 28.7 Å². The molecule has 0 aliphatic heterocycles. The fourth-order valence-electron chi connectivity index (χ4n) is 1.71. The number of hydrogen-bond acceptors (Lipinski definition) is 3. The van der Waals surface area contributed by atoms with Gasteiger partial charge in [0.25, 0.3) is 5.91 Å². The molecular formula is C15H15NO2S. The van der Waals surface area contributed by atoms with E-state index in [1.807, 2.05) is 24.3 Å². The summed E-state index contributed by atoms with van der Waals surface area (Å²) in [5, 5.41) is 2.85. The number of ketones is 1. The van der Waals surface area contributed by atoms with Crippen LogP contribution in [0.3, 0.4) is 0 Å². The van der Waals surface area contributed by atoms with Crippen LogP contribution in [0.2, 0.25) is 0 Å². The number of carbonyl (C=O) groups excluding carboxylic acids is 2. The minimum absolute atomic E-state index is 0.0166. The Balaban J connectivity index is 2.13. The molecule has 4 heteroatoms. The number of aryl methyl sites for hydroxylation is 1. The Bertz CT molecular complexity index is 616. The molecule has 1 N–H and O–H groups in total. The van der Waals surface area contributed by atoms with E-state index in [1.165, 1.54) is 23.8 Å². The summed E-state index contributed by atoms with van der Waals surface area (Å²) in [5.74, 6) is -0.192. The van der Waals surface area contributed by atoms with Crippen LogP contribution in [0.1, 0.15) is 38.8 Å². The molecule has 2 aromatic rings. The SMILES string of the molecule is CCc1cccc(NC(=O)c2ccc(C(C)=O)s2)c1. The number of carbonyl (C=O) groups is 2. The predicted octanol–water partition coefficient (Wildman–Crippen LogP) is 3.77. The van der Waals surface area contributed by atoms with Crippen LogP contribution < -0.4 is 5.32 Å². The molecule has 1 heterocycles. The van der Waals surface area contributed by atoms with Gasteiger partial charge in [-0.25, -0.2) is 0 Å². The number of anilines is 1. The molecule has 3 nitrogen and oxygen atoms in total. The van der Waals surface area contributed by atoms with Crippen molar-refractivity contribution in [2.75, 3.05) is 5.32 Å². The van der Waals surface area contributed by atoms with Crippen LogP contribution in [0.25, 0.3) is 0 Å². The van der Waals surface area contributed by atoms with E-state index in [0.717, 1.165) is 12.1 Å². The zero-order valence-electron chi connectivity index (χ0n) is 10.9. The Morgan fingerprint density at radius 3 is 2.53 bits per heavy atom. The lowest BCUT2D eigenvalue weighted by molar-refractivity contribution is 0.101. The first kappa shape index (κ1) is 13.5. The van der Waals surface area contributed by atoms with Gasteiger partial charge in [0.1, 0.15) is 0 Å². The molecule has 98 valence electrons. The summed E-state index contributed by atoms with van der Waals surface area (Å²) in [5.41, 5.74) is 1.95. The average molecular weight is 273 g/mol.